The number of ether oxygens (including phenoxy) is 1. The molecule has 1 rings (SSSR count). The molecule has 2 N–H and O–H groups in total. The number of hydrogen-bond acceptors (Lipinski definition) is 4. The van der Waals surface area contributed by atoms with E-state index in [1.54, 1.807) is 13.0 Å². The predicted octanol–water partition coefficient (Wildman–Crippen LogP) is 1.15. The second kappa shape index (κ2) is 3.38. The van der Waals surface area contributed by atoms with E-state index in [1.807, 2.05) is 13.8 Å². The molecule has 0 radical (unpaired) electrons. The molecule has 0 aliphatic heterocycles. The van der Waals surface area contributed by atoms with Crippen LogP contribution in [0.1, 0.15) is 19.7 Å². The quantitative estimate of drug-likeness (QED) is 0.717. The summed E-state index contributed by atoms with van der Waals surface area (Å²) in [5.74, 6) is 1.61. The average molecular weight is 167 g/mol. The lowest BCUT2D eigenvalue weighted by atomic mass is 10.4. The van der Waals surface area contributed by atoms with E-state index in [0.717, 1.165) is 0 Å². The third kappa shape index (κ3) is 2.38. The van der Waals surface area contributed by atoms with Gasteiger partial charge < -0.3 is 10.5 Å². The van der Waals surface area contributed by atoms with Gasteiger partial charge in [0.25, 0.3) is 0 Å². The van der Waals surface area contributed by atoms with Gasteiger partial charge >= 0.3 is 0 Å². The first-order chi connectivity index (χ1) is 5.58. The van der Waals surface area contributed by atoms with Crippen LogP contribution < -0.4 is 10.5 Å². The highest BCUT2D eigenvalue weighted by Gasteiger charge is 2.01. The zero-order valence-electron chi connectivity index (χ0n) is 7.53. The number of anilines is 1. The van der Waals surface area contributed by atoms with Crippen molar-refractivity contribution in [3.63, 3.8) is 0 Å². The molecular formula is C8H13N3O. The summed E-state index contributed by atoms with van der Waals surface area (Å²) >= 11 is 0. The maximum atomic E-state index is 5.50. The average Bonchev–Trinajstić information content (AvgIpc) is 1.81. The Morgan fingerprint density at radius 3 is 2.58 bits per heavy atom. The van der Waals surface area contributed by atoms with Gasteiger partial charge in [0.05, 0.1) is 6.10 Å². The normalized spacial score (nSPS) is 10.3. The van der Waals surface area contributed by atoms with Crippen molar-refractivity contribution in [2.75, 3.05) is 5.73 Å². The summed E-state index contributed by atoms with van der Waals surface area (Å²) in [4.78, 5) is 7.99. The third-order valence-electron chi connectivity index (χ3n) is 1.19. The number of nitrogens with two attached hydrogens (primary N) is 1. The number of hydrogen-bond donors (Lipinski definition) is 1. The van der Waals surface area contributed by atoms with Gasteiger partial charge in [-0.1, -0.05) is 0 Å². The fourth-order valence-corrected chi connectivity index (χ4v) is 0.864. The molecule has 0 unspecified atom stereocenters. The van der Waals surface area contributed by atoms with Crippen LogP contribution in [0.3, 0.4) is 0 Å². The highest BCUT2D eigenvalue weighted by atomic mass is 16.5. The standard InChI is InChI=1S/C8H13N3O/c1-5(2)12-8-4-7(9)10-6(3)11-8/h4-5H,1-3H3,(H2,9,10,11). The fourth-order valence-electron chi connectivity index (χ4n) is 0.864. The molecule has 12 heavy (non-hydrogen) atoms. The van der Waals surface area contributed by atoms with Crippen molar-refractivity contribution in [2.45, 2.75) is 26.9 Å². The molecule has 0 amide bonds. The molecule has 1 aromatic heterocycles. The Balaban J connectivity index is 2.85. The fraction of sp³-hybridized carbons (Fsp3) is 0.500. The van der Waals surface area contributed by atoms with Crippen molar-refractivity contribution in [2.24, 2.45) is 0 Å². The molecule has 0 fully saturated rings. The molecule has 1 heterocycles. The minimum atomic E-state index is 0.110. The SMILES string of the molecule is Cc1nc(N)cc(OC(C)C)n1. The Hall–Kier alpha value is -1.32. The van der Waals surface area contributed by atoms with Gasteiger partial charge in [-0.05, 0) is 20.8 Å². The third-order valence-corrected chi connectivity index (χ3v) is 1.19. The highest BCUT2D eigenvalue weighted by Crippen LogP contribution is 2.11. The molecule has 0 bridgehead atoms. The van der Waals surface area contributed by atoms with E-state index in [0.29, 0.717) is 17.5 Å². The molecule has 0 aromatic carbocycles. The molecule has 0 aliphatic carbocycles. The molecule has 66 valence electrons. The van der Waals surface area contributed by atoms with Gasteiger partial charge in [-0.25, -0.2) is 4.98 Å². The zero-order valence-corrected chi connectivity index (χ0v) is 7.53. The van der Waals surface area contributed by atoms with Crippen molar-refractivity contribution < 1.29 is 4.74 Å². The van der Waals surface area contributed by atoms with Crippen molar-refractivity contribution in [1.29, 1.82) is 0 Å². The van der Waals surface area contributed by atoms with Gasteiger partial charge in [-0.15, -0.1) is 0 Å². The number of rotatable bonds is 2. The lowest BCUT2D eigenvalue weighted by molar-refractivity contribution is 0.232. The van der Waals surface area contributed by atoms with E-state index >= 15 is 0 Å². The Bertz CT molecular complexity index is 253. The Labute approximate surface area is 71.8 Å². The van der Waals surface area contributed by atoms with Gasteiger partial charge in [0, 0.05) is 6.07 Å². The van der Waals surface area contributed by atoms with Crippen molar-refractivity contribution in [3.8, 4) is 5.88 Å². The summed E-state index contributed by atoms with van der Waals surface area (Å²) in [6.45, 7) is 5.66. The number of aryl methyl sites for hydroxylation is 1. The lowest BCUT2D eigenvalue weighted by Crippen LogP contribution is -2.08. The van der Waals surface area contributed by atoms with Crippen LogP contribution in [0.25, 0.3) is 0 Å². The van der Waals surface area contributed by atoms with Crippen LogP contribution in [0.15, 0.2) is 6.07 Å². The second-order valence-electron chi connectivity index (χ2n) is 2.84. The van der Waals surface area contributed by atoms with Gasteiger partial charge in [0.1, 0.15) is 11.6 Å². The smallest absolute Gasteiger partial charge is 0.218 e. The summed E-state index contributed by atoms with van der Waals surface area (Å²) in [5, 5.41) is 0. The first-order valence-corrected chi connectivity index (χ1v) is 3.85. The summed E-state index contributed by atoms with van der Waals surface area (Å²) < 4.78 is 5.34. The topological polar surface area (TPSA) is 61.0 Å². The first kappa shape index (κ1) is 8.77. The molecule has 0 spiro atoms. The molecule has 0 saturated heterocycles. The molecular weight excluding hydrogens is 154 g/mol. The van der Waals surface area contributed by atoms with Crippen LogP contribution in [0, 0.1) is 6.92 Å². The largest absolute Gasteiger partial charge is 0.475 e. The summed E-state index contributed by atoms with van der Waals surface area (Å²) in [5.41, 5.74) is 5.50. The minimum absolute atomic E-state index is 0.110. The van der Waals surface area contributed by atoms with Crippen molar-refractivity contribution in [3.05, 3.63) is 11.9 Å². The molecule has 0 aliphatic rings. The minimum Gasteiger partial charge on any atom is -0.475 e. The molecule has 4 heteroatoms. The van der Waals surface area contributed by atoms with Crippen LogP contribution in [0.4, 0.5) is 5.82 Å². The van der Waals surface area contributed by atoms with E-state index in [9.17, 15) is 0 Å². The van der Waals surface area contributed by atoms with Gasteiger partial charge in [-0.3, -0.25) is 0 Å². The lowest BCUT2D eigenvalue weighted by Gasteiger charge is -2.08. The monoisotopic (exact) mass is 167 g/mol. The van der Waals surface area contributed by atoms with Crippen LogP contribution in [-0.4, -0.2) is 16.1 Å². The van der Waals surface area contributed by atoms with Crippen LogP contribution in [0.2, 0.25) is 0 Å². The van der Waals surface area contributed by atoms with E-state index < -0.39 is 0 Å². The van der Waals surface area contributed by atoms with Crippen molar-refractivity contribution in [1.82, 2.24) is 9.97 Å². The summed E-state index contributed by atoms with van der Waals surface area (Å²) in [7, 11) is 0. The first-order valence-electron chi connectivity index (χ1n) is 3.85. The van der Waals surface area contributed by atoms with Crippen LogP contribution >= 0.6 is 0 Å². The van der Waals surface area contributed by atoms with Crippen molar-refractivity contribution >= 4 is 5.82 Å². The van der Waals surface area contributed by atoms with Gasteiger partial charge in [0.15, 0.2) is 0 Å². The van der Waals surface area contributed by atoms with Gasteiger partial charge in [-0.2, -0.15) is 4.98 Å². The van der Waals surface area contributed by atoms with E-state index in [1.165, 1.54) is 0 Å². The van der Waals surface area contributed by atoms with Crippen LogP contribution in [-0.2, 0) is 0 Å². The summed E-state index contributed by atoms with van der Waals surface area (Å²) in [6.07, 6.45) is 0.110. The Morgan fingerprint density at radius 1 is 1.42 bits per heavy atom. The zero-order chi connectivity index (χ0) is 9.14. The Morgan fingerprint density at radius 2 is 2.08 bits per heavy atom. The number of nitrogens with zero attached hydrogens (tertiary/aromatic N) is 2. The van der Waals surface area contributed by atoms with E-state index in [4.69, 9.17) is 10.5 Å². The Kier molecular flexibility index (Phi) is 2.47. The maximum Gasteiger partial charge on any atom is 0.218 e. The molecule has 4 nitrogen and oxygen atoms in total. The van der Waals surface area contributed by atoms with E-state index in [-0.39, 0.29) is 6.10 Å². The molecule has 1 aromatic rings. The van der Waals surface area contributed by atoms with E-state index in [2.05, 4.69) is 9.97 Å². The second-order valence-corrected chi connectivity index (χ2v) is 2.84. The molecule has 0 atom stereocenters. The predicted molar refractivity (Wildman–Crippen MR) is 46.9 cm³/mol. The summed E-state index contributed by atoms with van der Waals surface area (Å²) in [6, 6.07) is 1.62. The maximum absolute atomic E-state index is 5.50. The van der Waals surface area contributed by atoms with Crippen LogP contribution in [0.5, 0.6) is 5.88 Å². The highest BCUT2D eigenvalue weighted by molar-refractivity contribution is 5.32. The van der Waals surface area contributed by atoms with Gasteiger partial charge in [0.2, 0.25) is 5.88 Å². The molecule has 0 saturated carbocycles. The number of nitrogen functional groups attached to an aromatic ring is 1. The number of aromatic nitrogens is 2.